The fraction of sp³-hybridized carbons (Fsp3) is 0.462. The maximum absolute atomic E-state index is 13.9. The highest BCUT2D eigenvalue weighted by Gasteiger charge is 2.40. The third kappa shape index (κ3) is 3.24. The van der Waals surface area contributed by atoms with E-state index in [1.807, 2.05) is 0 Å². The van der Waals surface area contributed by atoms with Crippen molar-refractivity contribution in [1.29, 1.82) is 0 Å². The average Bonchev–Trinajstić information content (AvgIpc) is 3.08. The van der Waals surface area contributed by atoms with Gasteiger partial charge in [0.05, 0.1) is 5.69 Å². The summed E-state index contributed by atoms with van der Waals surface area (Å²) >= 11 is 0. The van der Waals surface area contributed by atoms with Crippen LogP contribution < -0.4 is 4.90 Å². The second-order valence-corrected chi connectivity index (χ2v) is 4.67. The zero-order valence-electron chi connectivity index (χ0n) is 10.3. The molecule has 0 N–H and O–H groups in total. The summed E-state index contributed by atoms with van der Waals surface area (Å²) in [6.45, 7) is -0.0180. The second kappa shape index (κ2) is 4.83. The van der Waals surface area contributed by atoms with Gasteiger partial charge in [0.2, 0.25) is 0 Å². The molecule has 0 bridgehead atoms. The Morgan fingerprint density at radius 1 is 1.37 bits per heavy atom. The van der Waals surface area contributed by atoms with E-state index in [0.29, 0.717) is 12.8 Å². The van der Waals surface area contributed by atoms with Gasteiger partial charge in [-0.2, -0.15) is 13.2 Å². The maximum Gasteiger partial charge on any atom is 0.405 e. The van der Waals surface area contributed by atoms with Crippen LogP contribution in [0.5, 0.6) is 0 Å². The zero-order valence-corrected chi connectivity index (χ0v) is 10.3. The van der Waals surface area contributed by atoms with E-state index >= 15 is 0 Å². The summed E-state index contributed by atoms with van der Waals surface area (Å²) in [6.07, 6.45) is -3.26. The van der Waals surface area contributed by atoms with Crippen LogP contribution in [0, 0.1) is 5.82 Å². The summed E-state index contributed by atoms with van der Waals surface area (Å²) in [5.74, 6) is -1.23. The van der Waals surface area contributed by atoms with Crippen molar-refractivity contribution in [1.82, 2.24) is 0 Å². The molecule has 1 saturated carbocycles. The van der Waals surface area contributed by atoms with Crippen molar-refractivity contribution in [3.05, 3.63) is 29.6 Å². The summed E-state index contributed by atoms with van der Waals surface area (Å²) in [4.78, 5) is 12.4. The summed E-state index contributed by atoms with van der Waals surface area (Å²) in [7, 11) is 0. The van der Waals surface area contributed by atoms with Gasteiger partial charge >= 0.3 is 6.18 Å². The third-order valence-corrected chi connectivity index (χ3v) is 2.99. The number of ketones is 1. The molecule has 1 aromatic rings. The number of carbonyl (C=O) groups is 1. The minimum absolute atomic E-state index is 0.00356. The topological polar surface area (TPSA) is 20.3 Å². The van der Waals surface area contributed by atoms with Gasteiger partial charge in [-0.1, -0.05) is 6.07 Å². The predicted octanol–water partition coefficient (Wildman–Crippen LogP) is 3.56. The number of nitrogens with zero attached hydrogens (tertiary/aromatic N) is 1. The smallest absolute Gasteiger partial charge is 0.357 e. The van der Waals surface area contributed by atoms with Gasteiger partial charge in [-0.3, -0.25) is 4.79 Å². The van der Waals surface area contributed by atoms with E-state index in [9.17, 15) is 22.4 Å². The molecule has 0 aromatic heterocycles. The average molecular weight is 275 g/mol. The quantitative estimate of drug-likeness (QED) is 0.618. The van der Waals surface area contributed by atoms with Crippen LogP contribution in [-0.2, 0) is 0 Å². The maximum atomic E-state index is 13.9. The molecular formula is C13H13F4NO. The largest absolute Gasteiger partial charge is 0.405 e. The number of para-hydroxylation sites is 1. The van der Waals surface area contributed by atoms with Crippen LogP contribution in [0.1, 0.15) is 30.1 Å². The minimum atomic E-state index is -4.43. The molecule has 19 heavy (non-hydrogen) atoms. The summed E-state index contributed by atoms with van der Waals surface area (Å²) in [5, 5.41) is 0. The molecule has 0 atom stereocenters. The van der Waals surface area contributed by atoms with Crippen molar-refractivity contribution >= 4 is 11.5 Å². The van der Waals surface area contributed by atoms with E-state index < -0.39 is 24.3 Å². The number of benzene rings is 1. The van der Waals surface area contributed by atoms with E-state index in [2.05, 4.69) is 0 Å². The number of carbonyl (C=O) groups excluding carboxylic acids is 1. The van der Waals surface area contributed by atoms with E-state index in [4.69, 9.17) is 0 Å². The zero-order chi connectivity index (χ0) is 14.2. The first-order chi connectivity index (χ1) is 8.79. The van der Waals surface area contributed by atoms with Crippen molar-refractivity contribution in [2.45, 2.75) is 32.0 Å². The molecule has 0 saturated heterocycles. The Labute approximate surface area is 108 Å². The van der Waals surface area contributed by atoms with Crippen LogP contribution >= 0.6 is 0 Å². The molecule has 1 aliphatic rings. The molecule has 1 aliphatic carbocycles. The van der Waals surface area contributed by atoms with Crippen molar-refractivity contribution in [2.24, 2.45) is 0 Å². The van der Waals surface area contributed by atoms with Crippen LogP contribution in [0.4, 0.5) is 23.2 Å². The number of Topliss-reactive ketones (excluding diaryl/α,β-unsaturated/α-hetero) is 1. The fourth-order valence-corrected chi connectivity index (χ4v) is 2.06. The summed E-state index contributed by atoms with van der Waals surface area (Å²) in [6, 6.07) is 3.42. The van der Waals surface area contributed by atoms with Crippen molar-refractivity contribution in [2.75, 3.05) is 11.4 Å². The number of hydrogen-bond acceptors (Lipinski definition) is 2. The highest BCUT2D eigenvalue weighted by molar-refractivity contribution is 6.00. The molecule has 2 rings (SSSR count). The van der Waals surface area contributed by atoms with Crippen LogP contribution in [0.3, 0.4) is 0 Å². The van der Waals surface area contributed by atoms with E-state index in [-0.39, 0.29) is 17.3 Å². The van der Waals surface area contributed by atoms with E-state index in [1.165, 1.54) is 19.1 Å². The Morgan fingerprint density at radius 2 is 2.00 bits per heavy atom. The molecule has 1 aromatic carbocycles. The fourth-order valence-electron chi connectivity index (χ4n) is 2.06. The van der Waals surface area contributed by atoms with Gasteiger partial charge < -0.3 is 4.90 Å². The highest BCUT2D eigenvalue weighted by atomic mass is 19.4. The molecule has 0 amide bonds. The standard InChI is InChI=1S/C13H13F4NO/c1-8(19)10-3-2-4-11(14)12(10)18(9-5-6-9)7-13(15,16)17/h2-4,9H,5-7H2,1H3. The number of alkyl halides is 3. The van der Waals surface area contributed by atoms with Crippen LogP contribution in [-0.4, -0.2) is 24.5 Å². The highest BCUT2D eigenvalue weighted by Crippen LogP contribution is 2.37. The van der Waals surface area contributed by atoms with Crippen LogP contribution in [0.15, 0.2) is 18.2 Å². The van der Waals surface area contributed by atoms with Gasteiger partial charge in [0.25, 0.3) is 0 Å². The Kier molecular flexibility index (Phi) is 3.52. The molecule has 0 unspecified atom stereocenters. The van der Waals surface area contributed by atoms with Gasteiger partial charge in [-0.25, -0.2) is 4.39 Å². The van der Waals surface area contributed by atoms with Gasteiger partial charge in [-0.05, 0) is 31.9 Å². The first kappa shape index (κ1) is 13.8. The Balaban J connectivity index is 2.44. The molecule has 0 heterocycles. The first-order valence-electron chi connectivity index (χ1n) is 5.92. The van der Waals surface area contributed by atoms with Crippen molar-refractivity contribution in [3.8, 4) is 0 Å². The lowest BCUT2D eigenvalue weighted by atomic mass is 10.1. The molecule has 0 spiro atoms. The molecule has 1 fully saturated rings. The molecule has 0 radical (unpaired) electrons. The molecular weight excluding hydrogens is 262 g/mol. The number of hydrogen-bond donors (Lipinski definition) is 0. The minimum Gasteiger partial charge on any atom is -0.357 e. The lowest BCUT2D eigenvalue weighted by molar-refractivity contribution is -0.120. The monoisotopic (exact) mass is 275 g/mol. The number of rotatable bonds is 4. The molecule has 6 heteroatoms. The first-order valence-corrected chi connectivity index (χ1v) is 5.92. The lowest BCUT2D eigenvalue weighted by Crippen LogP contribution is -2.37. The van der Waals surface area contributed by atoms with E-state index in [0.717, 1.165) is 11.0 Å². The molecule has 2 nitrogen and oxygen atoms in total. The van der Waals surface area contributed by atoms with E-state index in [1.54, 1.807) is 0 Å². The predicted molar refractivity (Wildman–Crippen MR) is 62.8 cm³/mol. The summed E-state index contributed by atoms with van der Waals surface area (Å²) in [5.41, 5.74) is -0.231. The Morgan fingerprint density at radius 3 is 2.47 bits per heavy atom. The normalized spacial score (nSPS) is 15.4. The van der Waals surface area contributed by atoms with Gasteiger partial charge in [-0.15, -0.1) is 0 Å². The molecule has 104 valence electrons. The van der Waals surface area contributed by atoms with Crippen LogP contribution in [0.2, 0.25) is 0 Å². The van der Waals surface area contributed by atoms with Crippen molar-refractivity contribution < 1.29 is 22.4 Å². The Bertz CT molecular complexity index is 494. The van der Waals surface area contributed by atoms with Gasteiger partial charge in [0.1, 0.15) is 12.4 Å². The molecule has 0 aliphatic heterocycles. The SMILES string of the molecule is CC(=O)c1cccc(F)c1N(CC(F)(F)F)C1CC1. The number of halogens is 4. The lowest BCUT2D eigenvalue weighted by Gasteiger charge is -2.27. The third-order valence-electron chi connectivity index (χ3n) is 2.99. The van der Waals surface area contributed by atoms with Gasteiger partial charge in [0.15, 0.2) is 5.78 Å². The Hall–Kier alpha value is -1.59. The number of anilines is 1. The van der Waals surface area contributed by atoms with Crippen LogP contribution in [0.25, 0.3) is 0 Å². The van der Waals surface area contributed by atoms with Crippen molar-refractivity contribution in [3.63, 3.8) is 0 Å². The second-order valence-electron chi connectivity index (χ2n) is 4.67. The summed E-state index contributed by atoms with van der Waals surface area (Å²) < 4.78 is 51.6. The van der Waals surface area contributed by atoms with Gasteiger partial charge in [0, 0.05) is 11.6 Å².